The highest BCUT2D eigenvalue weighted by molar-refractivity contribution is 7.56. The zero-order valence-corrected chi connectivity index (χ0v) is 9.24. The zero-order valence-electron chi connectivity index (χ0n) is 7.59. The predicted molar refractivity (Wildman–Crippen MR) is 53.4 cm³/mol. The number of hydrogen-bond acceptors (Lipinski definition) is 1. The van der Waals surface area contributed by atoms with Crippen LogP contribution in [-0.4, -0.2) is 30.2 Å². The molecular weight excluding hydrogens is 197 g/mol. The van der Waals surface area contributed by atoms with Crippen LogP contribution in [0.1, 0.15) is 13.8 Å². The molecule has 1 unspecified atom stereocenters. The second kappa shape index (κ2) is 5.95. The summed E-state index contributed by atoms with van der Waals surface area (Å²) in [7, 11) is -2.82. The van der Waals surface area contributed by atoms with Gasteiger partial charge < -0.3 is 0 Å². The fraction of sp³-hybridized carbons (Fsp3) is 1.00. The van der Waals surface area contributed by atoms with Crippen molar-refractivity contribution >= 4 is 19.2 Å². The Bertz CT molecular complexity index is 167. The summed E-state index contributed by atoms with van der Waals surface area (Å²) in [4.78, 5) is 0. The molecule has 1 atom stereocenters. The number of nitrogens with zero attached hydrogens (tertiary/aromatic N) is 1. The van der Waals surface area contributed by atoms with E-state index in [1.807, 2.05) is 13.8 Å². The van der Waals surface area contributed by atoms with Gasteiger partial charge in [-0.05, 0) is 0 Å². The molecule has 0 aromatic carbocycles. The van der Waals surface area contributed by atoms with Gasteiger partial charge in [-0.1, -0.05) is 13.8 Å². The van der Waals surface area contributed by atoms with Crippen LogP contribution < -0.4 is 10.6 Å². The van der Waals surface area contributed by atoms with Gasteiger partial charge in [0.1, 0.15) is 0 Å². The molecule has 0 aromatic heterocycles. The summed E-state index contributed by atoms with van der Waals surface area (Å²) in [5.74, 6) is 0.445. The molecule has 0 bridgehead atoms. The Balaban J connectivity index is 4.16. The van der Waals surface area contributed by atoms with Gasteiger partial charge >= 0.3 is 0 Å². The van der Waals surface area contributed by atoms with Crippen LogP contribution in [0.15, 0.2) is 0 Å². The van der Waals surface area contributed by atoms with Crippen LogP contribution in [0.4, 0.5) is 0 Å². The molecule has 0 rings (SSSR count). The molecule has 6 heteroatoms. The summed E-state index contributed by atoms with van der Waals surface area (Å²) in [5, 5.41) is 2.76. The first-order valence-corrected chi connectivity index (χ1v) is 6.30. The minimum atomic E-state index is -2.82. The van der Waals surface area contributed by atoms with E-state index in [0.717, 1.165) is 0 Å². The van der Waals surface area contributed by atoms with Crippen LogP contribution in [0.25, 0.3) is 0 Å². The van der Waals surface area contributed by atoms with E-state index in [9.17, 15) is 4.57 Å². The van der Waals surface area contributed by atoms with Gasteiger partial charge in [-0.25, -0.2) is 9.76 Å². The maximum Gasteiger partial charge on any atom is 0.279 e. The van der Waals surface area contributed by atoms with Crippen molar-refractivity contribution in [1.29, 1.82) is 0 Å². The Morgan fingerprint density at radius 3 is 2.50 bits per heavy atom. The molecule has 0 aliphatic rings. The summed E-state index contributed by atoms with van der Waals surface area (Å²) >= 11 is 5.54. The van der Waals surface area contributed by atoms with Crippen molar-refractivity contribution in [2.45, 2.75) is 13.8 Å². The largest absolute Gasteiger partial charge is 0.279 e. The van der Waals surface area contributed by atoms with Crippen LogP contribution in [0.2, 0.25) is 0 Å². The van der Waals surface area contributed by atoms with E-state index in [1.165, 1.54) is 0 Å². The Kier molecular flexibility index (Phi) is 6.14. The van der Waals surface area contributed by atoms with Crippen molar-refractivity contribution in [2.24, 2.45) is 5.50 Å². The monoisotopic (exact) mass is 213 g/mol. The van der Waals surface area contributed by atoms with Crippen molar-refractivity contribution in [3.8, 4) is 0 Å². The molecule has 0 saturated carbocycles. The maximum absolute atomic E-state index is 11.7. The third-order valence-electron chi connectivity index (χ3n) is 1.51. The van der Waals surface area contributed by atoms with Crippen LogP contribution in [0, 0.1) is 0 Å². The first-order chi connectivity index (χ1) is 5.58. The molecule has 4 nitrogen and oxygen atoms in total. The van der Waals surface area contributed by atoms with E-state index in [2.05, 4.69) is 5.09 Å². The minimum Gasteiger partial charge on any atom is -0.271 e. The molecule has 0 fully saturated rings. The van der Waals surface area contributed by atoms with Gasteiger partial charge in [0.2, 0.25) is 0 Å². The number of halogens is 1. The predicted octanol–water partition coefficient (Wildman–Crippen LogP) is 1.22. The lowest BCUT2D eigenvalue weighted by Gasteiger charge is -2.26. The smallest absolute Gasteiger partial charge is 0.271 e. The van der Waals surface area contributed by atoms with Gasteiger partial charge in [-0.3, -0.25) is 10.1 Å². The highest BCUT2D eigenvalue weighted by atomic mass is 35.5. The first kappa shape index (κ1) is 12.4. The third kappa shape index (κ3) is 3.87. The Labute approximate surface area is 79.0 Å². The van der Waals surface area contributed by atoms with Gasteiger partial charge in [-0.2, -0.15) is 0 Å². The summed E-state index contributed by atoms with van der Waals surface area (Å²) in [5.41, 5.74) is 5.58. The van der Waals surface area contributed by atoms with E-state index < -0.39 is 7.59 Å². The van der Waals surface area contributed by atoms with Crippen molar-refractivity contribution in [3.63, 3.8) is 0 Å². The lowest BCUT2D eigenvalue weighted by atomic mass is 10.7. The first-order valence-electron chi connectivity index (χ1n) is 4.03. The quantitative estimate of drug-likeness (QED) is 0.515. The van der Waals surface area contributed by atoms with E-state index in [-0.39, 0.29) is 0 Å². The SMILES string of the molecule is CCNP(N)(=O)N(CC)CCCl. The lowest BCUT2D eigenvalue weighted by Crippen LogP contribution is -2.33. The van der Waals surface area contributed by atoms with Crippen molar-refractivity contribution in [2.75, 3.05) is 25.5 Å². The van der Waals surface area contributed by atoms with Gasteiger partial charge in [0.05, 0.1) is 0 Å². The summed E-state index contributed by atoms with van der Waals surface area (Å²) in [6.07, 6.45) is 0. The molecule has 74 valence electrons. The number of rotatable bonds is 6. The fourth-order valence-corrected chi connectivity index (χ4v) is 2.73. The van der Waals surface area contributed by atoms with Gasteiger partial charge in [-0.15, -0.1) is 11.6 Å². The molecule has 0 spiro atoms. The molecule has 0 radical (unpaired) electrons. The summed E-state index contributed by atoms with van der Waals surface area (Å²) in [6.45, 7) is 5.58. The molecule has 0 aliphatic carbocycles. The van der Waals surface area contributed by atoms with Gasteiger partial charge in [0.25, 0.3) is 7.59 Å². The third-order valence-corrected chi connectivity index (χ3v) is 3.77. The molecule has 3 N–H and O–H groups in total. The number of nitrogens with one attached hydrogen (secondary N) is 1. The molecule has 0 saturated heterocycles. The van der Waals surface area contributed by atoms with Crippen LogP contribution in [0.3, 0.4) is 0 Å². The fourth-order valence-electron chi connectivity index (χ4n) is 0.941. The second-order valence-electron chi connectivity index (χ2n) is 2.37. The van der Waals surface area contributed by atoms with Crippen LogP contribution in [-0.2, 0) is 4.57 Å². The average molecular weight is 214 g/mol. The van der Waals surface area contributed by atoms with Crippen molar-refractivity contribution < 1.29 is 4.57 Å². The van der Waals surface area contributed by atoms with Crippen LogP contribution >= 0.6 is 19.2 Å². The number of hydrogen-bond donors (Lipinski definition) is 2. The highest BCUT2D eigenvalue weighted by Gasteiger charge is 2.22. The molecule has 0 aliphatic heterocycles. The van der Waals surface area contributed by atoms with E-state index in [1.54, 1.807) is 4.67 Å². The Morgan fingerprint density at radius 1 is 1.58 bits per heavy atom. The van der Waals surface area contributed by atoms with Gasteiger partial charge in [0.15, 0.2) is 0 Å². The van der Waals surface area contributed by atoms with E-state index in [0.29, 0.717) is 25.5 Å². The minimum absolute atomic E-state index is 0.445. The highest BCUT2D eigenvalue weighted by Crippen LogP contribution is 2.35. The topological polar surface area (TPSA) is 58.4 Å². The maximum atomic E-state index is 11.7. The number of alkyl halides is 1. The molecule has 12 heavy (non-hydrogen) atoms. The van der Waals surface area contributed by atoms with Crippen molar-refractivity contribution in [1.82, 2.24) is 9.76 Å². The average Bonchev–Trinajstić information content (AvgIpc) is 1.99. The Hall–Kier alpha value is 0.400. The zero-order chi connectivity index (χ0) is 9.61. The van der Waals surface area contributed by atoms with E-state index in [4.69, 9.17) is 17.1 Å². The molecule has 0 amide bonds. The molecule has 0 aromatic rings. The van der Waals surface area contributed by atoms with E-state index >= 15 is 0 Å². The van der Waals surface area contributed by atoms with Gasteiger partial charge in [0, 0.05) is 25.5 Å². The normalized spacial score (nSPS) is 16.4. The summed E-state index contributed by atoms with van der Waals surface area (Å²) < 4.78 is 13.3. The molecule has 0 heterocycles. The van der Waals surface area contributed by atoms with Crippen LogP contribution in [0.5, 0.6) is 0 Å². The Morgan fingerprint density at radius 2 is 2.17 bits per heavy atom. The standard InChI is InChI=1S/C6H17ClN3OP/c1-3-9-12(8,11)10(4-2)6-5-7/h3-6H2,1-2H3,(H3,8,9,11). The molecular formula is C6H17ClN3OP. The van der Waals surface area contributed by atoms with Crippen molar-refractivity contribution in [3.05, 3.63) is 0 Å². The second-order valence-corrected chi connectivity index (χ2v) is 4.88. The number of nitrogens with two attached hydrogens (primary N) is 1. The lowest BCUT2D eigenvalue weighted by molar-refractivity contribution is 0.435. The summed E-state index contributed by atoms with van der Waals surface area (Å²) in [6, 6.07) is 0.